The van der Waals surface area contributed by atoms with Gasteiger partial charge < -0.3 is 14.8 Å². The molecular formula is C16H24N4. The molecule has 0 spiro atoms. The minimum absolute atomic E-state index is 0.852. The average Bonchev–Trinajstić information content (AvgIpc) is 3.08. The number of hydrogen-bond donors (Lipinski definition) is 1. The number of nitrogens with one attached hydrogen (secondary N) is 1. The first kappa shape index (κ1) is 13.6. The number of benzene rings is 1. The summed E-state index contributed by atoms with van der Waals surface area (Å²) in [5.74, 6) is 1.12. The van der Waals surface area contributed by atoms with Crippen LogP contribution in [0.15, 0.2) is 24.3 Å². The van der Waals surface area contributed by atoms with Gasteiger partial charge in [-0.15, -0.1) is 0 Å². The summed E-state index contributed by atoms with van der Waals surface area (Å²) in [7, 11) is 2.09. The van der Waals surface area contributed by atoms with Crippen LogP contribution in [0.4, 0.5) is 0 Å². The van der Waals surface area contributed by atoms with Gasteiger partial charge in [-0.2, -0.15) is 0 Å². The summed E-state index contributed by atoms with van der Waals surface area (Å²) >= 11 is 0. The molecule has 1 aliphatic rings. The Balaban J connectivity index is 1.46. The fourth-order valence-electron chi connectivity index (χ4n) is 2.99. The van der Waals surface area contributed by atoms with Gasteiger partial charge in [-0.1, -0.05) is 12.1 Å². The Kier molecular flexibility index (Phi) is 4.33. The summed E-state index contributed by atoms with van der Waals surface area (Å²) in [4.78, 5) is 7.24. The molecule has 0 aliphatic carbocycles. The fourth-order valence-corrected chi connectivity index (χ4v) is 2.99. The summed E-state index contributed by atoms with van der Waals surface area (Å²) in [6, 6.07) is 8.31. The van der Waals surface area contributed by atoms with Crippen LogP contribution in [-0.4, -0.2) is 40.6 Å². The van der Waals surface area contributed by atoms with Gasteiger partial charge >= 0.3 is 0 Å². The molecule has 1 saturated heterocycles. The zero-order valence-corrected chi connectivity index (χ0v) is 12.3. The molecule has 20 heavy (non-hydrogen) atoms. The Morgan fingerprint density at radius 1 is 1.20 bits per heavy atom. The molecule has 2 heterocycles. The second kappa shape index (κ2) is 6.37. The van der Waals surface area contributed by atoms with E-state index in [-0.39, 0.29) is 0 Å². The van der Waals surface area contributed by atoms with Crippen molar-refractivity contribution in [3.8, 4) is 0 Å². The van der Waals surface area contributed by atoms with E-state index in [1.165, 1.54) is 44.4 Å². The summed E-state index contributed by atoms with van der Waals surface area (Å²) in [5.41, 5.74) is 2.30. The van der Waals surface area contributed by atoms with Gasteiger partial charge in [-0.25, -0.2) is 4.98 Å². The first-order chi connectivity index (χ1) is 9.84. The second-order valence-corrected chi connectivity index (χ2v) is 5.65. The van der Waals surface area contributed by atoms with Crippen molar-refractivity contribution in [1.82, 2.24) is 19.8 Å². The van der Waals surface area contributed by atoms with E-state index in [1.54, 1.807) is 0 Å². The minimum Gasteiger partial charge on any atom is -0.330 e. The molecule has 108 valence electrons. The predicted molar refractivity (Wildman–Crippen MR) is 82.7 cm³/mol. The van der Waals surface area contributed by atoms with Crippen LogP contribution in [-0.2, 0) is 13.6 Å². The Morgan fingerprint density at radius 2 is 2.00 bits per heavy atom. The smallest absolute Gasteiger partial charge is 0.123 e. The highest BCUT2D eigenvalue weighted by Crippen LogP contribution is 2.13. The predicted octanol–water partition coefficient (Wildman–Crippen LogP) is 2.15. The molecule has 0 atom stereocenters. The Labute approximate surface area is 120 Å². The van der Waals surface area contributed by atoms with E-state index in [2.05, 4.69) is 45.0 Å². The van der Waals surface area contributed by atoms with Crippen molar-refractivity contribution in [3.63, 3.8) is 0 Å². The summed E-state index contributed by atoms with van der Waals surface area (Å²) in [6.45, 7) is 5.75. The number of fused-ring (bicyclic) bond motifs is 1. The van der Waals surface area contributed by atoms with Crippen molar-refractivity contribution < 1.29 is 0 Å². The third-order valence-electron chi connectivity index (χ3n) is 4.19. The van der Waals surface area contributed by atoms with Gasteiger partial charge in [0, 0.05) is 7.05 Å². The van der Waals surface area contributed by atoms with Crippen molar-refractivity contribution in [3.05, 3.63) is 30.1 Å². The molecule has 3 rings (SSSR count). The molecule has 0 bridgehead atoms. The van der Waals surface area contributed by atoms with Crippen molar-refractivity contribution >= 4 is 11.0 Å². The quantitative estimate of drug-likeness (QED) is 0.818. The van der Waals surface area contributed by atoms with Gasteiger partial charge in [0.15, 0.2) is 0 Å². The number of para-hydroxylation sites is 2. The lowest BCUT2D eigenvalue weighted by Gasteiger charge is -2.14. The highest BCUT2D eigenvalue weighted by molar-refractivity contribution is 5.75. The number of aryl methyl sites for hydroxylation is 1. The Morgan fingerprint density at radius 3 is 2.80 bits per heavy atom. The molecular weight excluding hydrogens is 248 g/mol. The maximum absolute atomic E-state index is 4.68. The average molecular weight is 272 g/mol. The molecule has 1 N–H and O–H groups in total. The van der Waals surface area contributed by atoms with E-state index in [0.29, 0.717) is 0 Å². The van der Waals surface area contributed by atoms with Gasteiger partial charge in [0.2, 0.25) is 0 Å². The van der Waals surface area contributed by atoms with Crippen molar-refractivity contribution in [2.75, 3.05) is 26.2 Å². The molecule has 1 fully saturated rings. The second-order valence-electron chi connectivity index (χ2n) is 5.65. The van der Waals surface area contributed by atoms with Gasteiger partial charge in [0.05, 0.1) is 17.6 Å². The SMILES string of the molecule is Cn1c(CNCCCN2CCCC2)nc2ccccc21. The van der Waals surface area contributed by atoms with E-state index < -0.39 is 0 Å². The molecule has 4 nitrogen and oxygen atoms in total. The van der Waals surface area contributed by atoms with Crippen LogP contribution in [0, 0.1) is 0 Å². The van der Waals surface area contributed by atoms with Crippen LogP contribution < -0.4 is 5.32 Å². The first-order valence-corrected chi connectivity index (χ1v) is 7.68. The number of nitrogens with zero attached hydrogens (tertiary/aromatic N) is 3. The number of imidazole rings is 1. The number of hydrogen-bond acceptors (Lipinski definition) is 3. The number of rotatable bonds is 6. The lowest BCUT2D eigenvalue weighted by molar-refractivity contribution is 0.330. The molecule has 0 amide bonds. The van der Waals surface area contributed by atoms with Crippen LogP contribution in [0.25, 0.3) is 11.0 Å². The van der Waals surface area contributed by atoms with E-state index in [0.717, 1.165) is 24.4 Å². The molecule has 1 aromatic heterocycles. The number of likely N-dealkylation sites (tertiary alicyclic amines) is 1. The van der Waals surface area contributed by atoms with Crippen LogP contribution in [0.1, 0.15) is 25.1 Å². The van der Waals surface area contributed by atoms with Crippen LogP contribution in [0.5, 0.6) is 0 Å². The zero-order chi connectivity index (χ0) is 13.8. The standard InChI is InChI=1S/C16H24N4/c1-19-15-8-3-2-7-14(15)18-16(19)13-17-9-6-12-20-10-4-5-11-20/h2-3,7-8,17H,4-6,9-13H2,1H3. The molecule has 0 radical (unpaired) electrons. The third-order valence-corrected chi connectivity index (χ3v) is 4.19. The normalized spacial score (nSPS) is 16.2. The lowest BCUT2D eigenvalue weighted by Crippen LogP contribution is -2.25. The summed E-state index contributed by atoms with van der Waals surface area (Å²) in [6.07, 6.45) is 3.99. The largest absolute Gasteiger partial charge is 0.330 e. The summed E-state index contributed by atoms with van der Waals surface area (Å²) < 4.78 is 2.18. The zero-order valence-electron chi connectivity index (χ0n) is 12.3. The molecule has 1 aliphatic heterocycles. The van der Waals surface area contributed by atoms with Gasteiger partial charge in [-0.05, 0) is 57.6 Å². The van der Waals surface area contributed by atoms with E-state index in [4.69, 9.17) is 0 Å². The van der Waals surface area contributed by atoms with Crippen molar-refractivity contribution in [2.24, 2.45) is 7.05 Å². The Bertz CT molecular complexity index is 555. The monoisotopic (exact) mass is 272 g/mol. The molecule has 4 heteroatoms. The first-order valence-electron chi connectivity index (χ1n) is 7.68. The van der Waals surface area contributed by atoms with E-state index >= 15 is 0 Å². The van der Waals surface area contributed by atoms with Crippen molar-refractivity contribution in [2.45, 2.75) is 25.8 Å². The van der Waals surface area contributed by atoms with E-state index in [9.17, 15) is 0 Å². The minimum atomic E-state index is 0.852. The lowest BCUT2D eigenvalue weighted by atomic mass is 10.3. The Hall–Kier alpha value is -1.39. The van der Waals surface area contributed by atoms with Crippen molar-refractivity contribution in [1.29, 1.82) is 0 Å². The maximum Gasteiger partial charge on any atom is 0.123 e. The van der Waals surface area contributed by atoms with Gasteiger partial charge in [0.1, 0.15) is 5.82 Å². The van der Waals surface area contributed by atoms with Crippen LogP contribution >= 0.6 is 0 Å². The van der Waals surface area contributed by atoms with E-state index in [1.807, 2.05) is 6.07 Å². The highest BCUT2D eigenvalue weighted by atomic mass is 15.1. The molecule has 2 aromatic rings. The highest BCUT2D eigenvalue weighted by Gasteiger charge is 2.10. The topological polar surface area (TPSA) is 33.1 Å². The summed E-state index contributed by atoms with van der Waals surface area (Å²) in [5, 5.41) is 3.52. The molecule has 1 aromatic carbocycles. The van der Waals surface area contributed by atoms with Gasteiger partial charge in [-0.3, -0.25) is 0 Å². The fraction of sp³-hybridized carbons (Fsp3) is 0.562. The number of aromatic nitrogens is 2. The van der Waals surface area contributed by atoms with Crippen LogP contribution in [0.3, 0.4) is 0 Å². The maximum atomic E-state index is 4.68. The van der Waals surface area contributed by atoms with Crippen LogP contribution in [0.2, 0.25) is 0 Å². The molecule has 0 saturated carbocycles. The molecule has 0 unspecified atom stereocenters. The van der Waals surface area contributed by atoms with Gasteiger partial charge in [0.25, 0.3) is 0 Å². The third kappa shape index (κ3) is 3.02.